The number of aromatic amines is 1. The molecule has 0 fully saturated rings. The number of H-pyrrole nitrogens is 1. The summed E-state index contributed by atoms with van der Waals surface area (Å²) in [5, 5.41) is 19.7. The summed E-state index contributed by atoms with van der Waals surface area (Å²) < 4.78 is 3.68. The minimum Gasteiger partial charge on any atom is -0.562 e. The summed E-state index contributed by atoms with van der Waals surface area (Å²) in [7, 11) is 2.97. The minimum absolute atomic E-state index is 0. The first-order valence-corrected chi connectivity index (χ1v) is 17.1. The Bertz CT molecular complexity index is 2570. The predicted molar refractivity (Wildman–Crippen MR) is 211 cm³/mol. The Hall–Kier alpha value is -6.42. The van der Waals surface area contributed by atoms with Crippen LogP contribution in [-0.4, -0.2) is 57.9 Å². The zero-order valence-corrected chi connectivity index (χ0v) is 29.2. The van der Waals surface area contributed by atoms with Crippen LogP contribution in [0.4, 0.5) is 0 Å². The predicted octanol–water partition coefficient (Wildman–Crippen LogP) is 8.91. The maximum Gasteiger partial charge on any atom is 0.335 e. The lowest BCUT2D eigenvalue weighted by Crippen LogP contribution is -2.07. The summed E-state index contributed by atoms with van der Waals surface area (Å²) in [5.74, 6) is -1.94. The maximum absolute atomic E-state index is 12.4. The standard InChI is InChI=1S/C19H12ClN3O2.C19H13N3O3.CH4P.CH4/c20-17-16-15(12-4-2-1-3-5-12)10-23(18(16)22-11-21-17)14-8-6-13(7-9-14)19(24)25;23-18-16-15(12-4-2-1-3-5-12)10-22(17(16)20-11-21-18)14-8-6-13(7-9-14)19(24)25;1-2;/h1-11H,(H,24,25);1-11H,(H,24,25)(H,20,21,23);2H,1H3;1H4/q;;-1;. The summed E-state index contributed by atoms with van der Waals surface area (Å²) >= 11 is 6.34. The third-order valence-electron chi connectivity index (χ3n) is 8.08. The molecule has 8 aromatic rings. The van der Waals surface area contributed by atoms with E-state index in [1.807, 2.05) is 77.6 Å². The summed E-state index contributed by atoms with van der Waals surface area (Å²) in [4.78, 5) is 49.9. The van der Waals surface area contributed by atoms with Crippen LogP contribution < -0.4 is 5.56 Å². The van der Waals surface area contributed by atoms with Gasteiger partial charge in [-0.1, -0.05) is 79.7 Å². The molecule has 0 unspecified atom stereocenters. The van der Waals surface area contributed by atoms with Crippen molar-refractivity contribution in [3.8, 4) is 33.6 Å². The Morgan fingerprint density at radius 2 is 1.08 bits per heavy atom. The molecule has 11 nitrogen and oxygen atoms in total. The highest BCUT2D eigenvalue weighted by molar-refractivity contribution is 7.15. The SMILES string of the molecule is C.C[PH-].O=C(O)c1ccc(-n2cc(-c3ccccc3)c3c(=O)[nH]cnc32)cc1.O=C(O)c1ccc(-n2cc(-c3ccccc3)c3c(Cl)ncnc32)cc1. The van der Waals surface area contributed by atoms with Crippen LogP contribution in [0, 0.1) is 0 Å². The fourth-order valence-corrected chi connectivity index (χ4v) is 5.92. The van der Waals surface area contributed by atoms with Gasteiger partial charge < -0.3 is 33.6 Å². The molecular weight excluding hydrogens is 711 g/mol. The van der Waals surface area contributed by atoms with Gasteiger partial charge in [0.1, 0.15) is 17.1 Å². The van der Waals surface area contributed by atoms with Crippen molar-refractivity contribution in [2.75, 3.05) is 6.66 Å². The molecule has 0 aliphatic carbocycles. The third-order valence-corrected chi connectivity index (χ3v) is 8.37. The Morgan fingerprint density at radius 3 is 1.53 bits per heavy atom. The van der Waals surface area contributed by atoms with Crippen molar-refractivity contribution in [2.24, 2.45) is 0 Å². The first kappa shape index (κ1) is 37.8. The van der Waals surface area contributed by atoms with Crippen LogP contribution in [0.15, 0.2) is 139 Å². The van der Waals surface area contributed by atoms with Gasteiger partial charge in [-0.2, -0.15) is 6.66 Å². The number of benzene rings is 4. The summed E-state index contributed by atoms with van der Waals surface area (Å²) in [6.45, 7) is 1.81. The van der Waals surface area contributed by atoms with E-state index in [-0.39, 0.29) is 24.1 Å². The van der Waals surface area contributed by atoms with Gasteiger partial charge in [-0.15, -0.1) is 0 Å². The molecule has 0 spiro atoms. The number of fused-ring (bicyclic) bond motifs is 2. The molecule has 0 atom stereocenters. The number of carboxylic acid groups (broad SMARTS) is 2. The normalized spacial score (nSPS) is 10.4. The van der Waals surface area contributed by atoms with Crippen molar-refractivity contribution < 1.29 is 19.8 Å². The smallest absolute Gasteiger partial charge is 0.335 e. The van der Waals surface area contributed by atoms with Crippen LogP contribution in [0.2, 0.25) is 5.15 Å². The van der Waals surface area contributed by atoms with Gasteiger partial charge in [-0.3, -0.25) is 4.79 Å². The molecule has 0 saturated carbocycles. The average molecular weight is 744 g/mol. The molecule has 53 heavy (non-hydrogen) atoms. The summed E-state index contributed by atoms with van der Waals surface area (Å²) in [6.07, 6.45) is 6.57. The number of rotatable bonds is 6. The number of carbonyl (C=O) groups is 2. The van der Waals surface area contributed by atoms with Crippen LogP contribution in [0.3, 0.4) is 0 Å². The van der Waals surface area contributed by atoms with E-state index in [0.717, 1.165) is 39.0 Å². The van der Waals surface area contributed by atoms with Crippen molar-refractivity contribution in [3.05, 3.63) is 161 Å². The van der Waals surface area contributed by atoms with E-state index < -0.39 is 11.9 Å². The number of nitrogens with zero attached hydrogens (tertiary/aromatic N) is 5. The molecule has 0 amide bonds. The Balaban J connectivity index is 0.000000192. The third kappa shape index (κ3) is 7.77. The summed E-state index contributed by atoms with van der Waals surface area (Å²) in [5.41, 5.74) is 6.54. The monoisotopic (exact) mass is 743 g/mol. The van der Waals surface area contributed by atoms with Crippen LogP contribution in [0.5, 0.6) is 0 Å². The molecule has 0 saturated heterocycles. The molecule has 0 bridgehead atoms. The number of hydrogen-bond acceptors (Lipinski definition) is 6. The van der Waals surface area contributed by atoms with Crippen molar-refractivity contribution >= 4 is 54.8 Å². The van der Waals surface area contributed by atoms with Gasteiger partial charge in [-0.05, 0) is 59.7 Å². The lowest BCUT2D eigenvalue weighted by molar-refractivity contribution is 0.0686. The highest BCUT2D eigenvalue weighted by Crippen LogP contribution is 2.35. The van der Waals surface area contributed by atoms with Crippen molar-refractivity contribution in [1.82, 2.24) is 29.1 Å². The van der Waals surface area contributed by atoms with E-state index >= 15 is 0 Å². The fourth-order valence-electron chi connectivity index (χ4n) is 5.69. The van der Waals surface area contributed by atoms with Gasteiger partial charge in [-0.25, -0.2) is 24.5 Å². The molecule has 0 aliphatic rings. The molecule has 266 valence electrons. The Morgan fingerprint density at radius 1 is 0.642 bits per heavy atom. The molecule has 0 radical (unpaired) electrons. The molecule has 8 rings (SSSR count). The fraction of sp³-hybridized carbons (Fsp3) is 0.0500. The van der Waals surface area contributed by atoms with E-state index in [2.05, 4.69) is 29.2 Å². The van der Waals surface area contributed by atoms with Gasteiger partial charge in [0.25, 0.3) is 5.56 Å². The first-order valence-electron chi connectivity index (χ1n) is 15.7. The zero-order valence-electron chi connectivity index (χ0n) is 27.4. The van der Waals surface area contributed by atoms with Crippen LogP contribution in [0.1, 0.15) is 28.1 Å². The lowest BCUT2D eigenvalue weighted by atomic mass is 10.1. The van der Waals surface area contributed by atoms with Crippen molar-refractivity contribution in [2.45, 2.75) is 7.43 Å². The van der Waals surface area contributed by atoms with E-state index in [1.165, 1.54) is 24.8 Å². The van der Waals surface area contributed by atoms with Gasteiger partial charge >= 0.3 is 11.9 Å². The van der Waals surface area contributed by atoms with Gasteiger partial charge in [0.2, 0.25) is 0 Å². The quantitative estimate of drug-likeness (QED) is 0.113. The number of halogens is 1. The lowest BCUT2D eigenvalue weighted by Gasteiger charge is -2.05. The molecule has 4 aromatic heterocycles. The second-order valence-corrected chi connectivity index (χ2v) is 11.4. The number of aromatic nitrogens is 6. The Labute approximate surface area is 311 Å². The topological polar surface area (TPSA) is 156 Å². The van der Waals surface area contributed by atoms with E-state index in [0.29, 0.717) is 21.8 Å². The molecule has 4 heterocycles. The highest BCUT2D eigenvalue weighted by atomic mass is 35.5. The van der Waals surface area contributed by atoms with Crippen LogP contribution in [0.25, 0.3) is 55.7 Å². The van der Waals surface area contributed by atoms with Gasteiger partial charge in [0.15, 0.2) is 5.65 Å². The number of aromatic carboxylic acids is 2. The van der Waals surface area contributed by atoms with Crippen LogP contribution in [-0.2, 0) is 0 Å². The highest BCUT2D eigenvalue weighted by Gasteiger charge is 2.18. The molecule has 0 aliphatic heterocycles. The number of hydrogen-bond donors (Lipinski definition) is 3. The van der Waals surface area contributed by atoms with Crippen molar-refractivity contribution in [1.29, 1.82) is 0 Å². The van der Waals surface area contributed by atoms with Crippen molar-refractivity contribution in [3.63, 3.8) is 0 Å². The second-order valence-electron chi connectivity index (χ2n) is 11.1. The minimum atomic E-state index is -0.983. The van der Waals surface area contributed by atoms with Gasteiger partial charge in [0.05, 0.1) is 28.2 Å². The number of carboxylic acids is 2. The first-order chi connectivity index (χ1) is 25.3. The average Bonchev–Trinajstić information content (AvgIpc) is 3.78. The van der Waals surface area contributed by atoms with E-state index in [9.17, 15) is 14.4 Å². The number of nitrogens with one attached hydrogen (secondary N) is 1. The zero-order chi connectivity index (χ0) is 36.8. The van der Waals surface area contributed by atoms with E-state index in [4.69, 9.17) is 21.8 Å². The van der Waals surface area contributed by atoms with Gasteiger partial charge in [0, 0.05) is 34.9 Å². The van der Waals surface area contributed by atoms with Crippen LogP contribution >= 0.6 is 20.8 Å². The summed E-state index contributed by atoms with van der Waals surface area (Å²) in [6, 6.07) is 32.5. The second kappa shape index (κ2) is 16.7. The molecule has 3 N–H and O–H groups in total. The largest absolute Gasteiger partial charge is 0.562 e. The molecule has 4 aromatic carbocycles. The Kier molecular flexibility index (Phi) is 11.9. The molecular formula is C40H33ClN6O5P-. The van der Waals surface area contributed by atoms with E-state index in [1.54, 1.807) is 47.6 Å². The molecule has 13 heteroatoms. The maximum atomic E-state index is 12.4.